The molecule has 1 aliphatic heterocycles. The highest BCUT2D eigenvalue weighted by Gasteiger charge is 2.47. The number of morpholine rings is 1. The van der Waals surface area contributed by atoms with Crippen molar-refractivity contribution < 1.29 is 32.6 Å². The van der Waals surface area contributed by atoms with Crippen LogP contribution in [0, 0.1) is 0 Å². The van der Waals surface area contributed by atoms with Gasteiger partial charge in [-0.3, -0.25) is 10.0 Å². The molecule has 3 N–H and O–H groups in total. The molecule has 0 aliphatic carbocycles. The SMILES string of the molecule is COc1ccc(S(=O)(=O)C(C)(Cc2ccc(OCCC3CNCCO3)cc2)C(=O)NO)cc1. The number of benzene rings is 2. The van der Waals surface area contributed by atoms with Gasteiger partial charge in [-0.1, -0.05) is 12.1 Å². The number of hydroxylamine groups is 1. The Morgan fingerprint density at radius 1 is 1.18 bits per heavy atom. The van der Waals surface area contributed by atoms with Crippen molar-refractivity contribution in [1.82, 2.24) is 10.8 Å². The maximum atomic E-state index is 13.4. The van der Waals surface area contributed by atoms with E-state index in [0.29, 0.717) is 30.3 Å². The van der Waals surface area contributed by atoms with Crippen LogP contribution in [0.15, 0.2) is 53.4 Å². The van der Waals surface area contributed by atoms with Crippen LogP contribution in [0.1, 0.15) is 18.9 Å². The normalized spacial score (nSPS) is 18.2. The number of carbonyl (C=O) groups is 1. The Kier molecular flexibility index (Phi) is 8.30. The van der Waals surface area contributed by atoms with Crippen LogP contribution in [0.25, 0.3) is 0 Å². The van der Waals surface area contributed by atoms with Crippen molar-refractivity contribution in [2.45, 2.75) is 35.5 Å². The summed E-state index contributed by atoms with van der Waals surface area (Å²) in [5, 5.41) is 12.5. The van der Waals surface area contributed by atoms with Crippen LogP contribution < -0.4 is 20.3 Å². The first kappa shape index (κ1) is 25.0. The lowest BCUT2D eigenvalue weighted by Gasteiger charge is -2.27. The molecule has 1 heterocycles. The first-order chi connectivity index (χ1) is 15.8. The number of methoxy groups -OCH3 is 1. The van der Waals surface area contributed by atoms with E-state index in [9.17, 15) is 18.4 Å². The van der Waals surface area contributed by atoms with Gasteiger partial charge in [-0.15, -0.1) is 0 Å². The summed E-state index contributed by atoms with van der Waals surface area (Å²) in [5.74, 6) is 0.109. The van der Waals surface area contributed by atoms with Crippen LogP contribution in [0.3, 0.4) is 0 Å². The molecule has 2 aromatic rings. The van der Waals surface area contributed by atoms with Crippen LogP contribution in [0.4, 0.5) is 0 Å². The van der Waals surface area contributed by atoms with E-state index in [2.05, 4.69) is 5.32 Å². The third-order valence-corrected chi connectivity index (χ3v) is 8.13. The molecule has 10 heteroatoms. The third kappa shape index (κ3) is 5.83. The molecule has 2 aromatic carbocycles. The second kappa shape index (κ2) is 11.0. The van der Waals surface area contributed by atoms with Gasteiger partial charge in [0.15, 0.2) is 14.6 Å². The third-order valence-electron chi connectivity index (χ3n) is 5.72. The van der Waals surface area contributed by atoms with Crippen LogP contribution in [0.2, 0.25) is 0 Å². The Bertz CT molecular complexity index is 1020. The summed E-state index contributed by atoms with van der Waals surface area (Å²) < 4.78 is 41.3. The average molecular weight is 479 g/mol. The van der Waals surface area contributed by atoms with Crippen molar-refractivity contribution in [3.63, 3.8) is 0 Å². The van der Waals surface area contributed by atoms with Crippen LogP contribution in [0.5, 0.6) is 11.5 Å². The smallest absolute Gasteiger partial charge is 0.265 e. The number of carbonyl (C=O) groups excluding carboxylic acids is 1. The molecule has 1 fully saturated rings. The fourth-order valence-corrected chi connectivity index (χ4v) is 5.30. The number of rotatable bonds is 10. The minimum absolute atomic E-state index is 0.0474. The monoisotopic (exact) mass is 478 g/mol. The average Bonchev–Trinajstić information content (AvgIpc) is 2.85. The van der Waals surface area contributed by atoms with Crippen LogP contribution in [-0.2, 0) is 25.8 Å². The molecule has 2 unspecified atom stereocenters. The van der Waals surface area contributed by atoms with Crippen molar-refractivity contribution in [1.29, 1.82) is 0 Å². The summed E-state index contributed by atoms with van der Waals surface area (Å²) in [5.41, 5.74) is 2.11. The summed E-state index contributed by atoms with van der Waals surface area (Å²) in [6.07, 6.45) is 0.734. The second-order valence-electron chi connectivity index (χ2n) is 8.01. The maximum absolute atomic E-state index is 13.4. The minimum Gasteiger partial charge on any atom is -0.497 e. The summed E-state index contributed by atoms with van der Waals surface area (Å²) >= 11 is 0. The predicted octanol–water partition coefficient (Wildman–Crippen LogP) is 1.73. The summed E-state index contributed by atoms with van der Waals surface area (Å²) in [7, 11) is -2.68. The summed E-state index contributed by atoms with van der Waals surface area (Å²) in [4.78, 5) is 12.5. The number of sulfone groups is 1. The Labute approximate surface area is 193 Å². The Hall–Kier alpha value is -2.66. The molecular weight excluding hydrogens is 448 g/mol. The lowest BCUT2D eigenvalue weighted by molar-refractivity contribution is -0.131. The molecule has 180 valence electrons. The van der Waals surface area contributed by atoms with Crippen molar-refractivity contribution in [3.8, 4) is 11.5 Å². The molecule has 1 amide bonds. The number of ether oxygens (including phenoxy) is 3. The lowest BCUT2D eigenvalue weighted by Crippen LogP contribution is -2.51. The van der Waals surface area contributed by atoms with E-state index in [1.54, 1.807) is 24.3 Å². The zero-order valence-corrected chi connectivity index (χ0v) is 19.6. The first-order valence-electron chi connectivity index (χ1n) is 10.7. The number of hydrogen-bond acceptors (Lipinski definition) is 8. The first-order valence-corrected chi connectivity index (χ1v) is 12.2. The van der Waals surface area contributed by atoms with Gasteiger partial charge in [0.25, 0.3) is 5.91 Å². The fraction of sp³-hybridized carbons (Fsp3) is 0.435. The van der Waals surface area contributed by atoms with Crippen molar-refractivity contribution >= 4 is 15.7 Å². The van der Waals surface area contributed by atoms with Gasteiger partial charge < -0.3 is 19.5 Å². The zero-order chi connectivity index (χ0) is 23.9. The minimum atomic E-state index is -4.15. The summed E-state index contributed by atoms with van der Waals surface area (Å²) in [6.45, 7) is 4.14. The van der Waals surface area contributed by atoms with E-state index in [4.69, 9.17) is 14.2 Å². The number of amides is 1. The second-order valence-corrected chi connectivity index (χ2v) is 10.4. The molecule has 0 bridgehead atoms. The Balaban J connectivity index is 1.71. The standard InChI is InChI=1S/C23H30N2O7S/c1-23(22(26)25-27,33(28,29)21-9-7-18(30-2)8-10-21)15-17-3-5-19(6-4-17)31-13-11-20-16-24-12-14-32-20/h3-10,20,24,27H,11-16H2,1-2H3,(H,25,26). The van der Waals surface area contributed by atoms with Crippen LogP contribution in [-0.4, -0.2) is 63.8 Å². The van der Waals surface area contributed by atoms with Gasteiger partial charge in [0.05, 0.1) is 31.3 Å². The zero-order valence-electron chi connectivity index (χ0n) is 18.7. The molecular formula is C23H30N2O7S. The van der Waals surface area contributed by atoms with E-state index < -0.39 is 20.5 Å². The largest absolute Gasteiger partial charge is 0.497 e. The van der Waals surface area contributed by atoms with Gasteiger partial charge in [0.1, 0.15) is 11.5 Å². The fourth-order valence-electron chi connectivity index (χ4n) is 3.64. The molecule has 33 heavy (non-hydrogen) atoms. The van der Waals surface area contributed by atoms with E-state index >= 15 is 0 Å². The topological polar surface area (TPSA) is 123 Å². The molecule has 1 aliphatic rings. The summed E-state index contributed by atoms with van der Waals surface area (Å²) in [6, 6.07) is 12.6. The van der Waals surface area contributed by atoms with E-state index in [-0.39, 0.29) is 17.4 Å². The molecule has 0 spiro atoms. The molecule has 2 atom stereocenters. The van der Waals surface area contributed by atoms with Crippen molar-refractivity contribution in [2.75, 3.05) is 33.4 Å². The molecule has 1 saturated heterocycles. The lowest BCUT2D eigenvalue weighted by atomic mass is 9.99. The van der Waals surface area contributed by atoms with Gasteiger partial charge in [-0.05, 0) is 48.9 Å². The van der Waals surface area contributed by atoms with Gasteiger partial charge in [-0.2, -0.15) is 0 Å². The van der Waals surface area contributed by atoms with Gasteiger partial charge in [0, 0.05) is 25.9 Å². The molecule has 0 radical (unpaired) electrons. The van der Waals surface area contributed by atoms with Gasteiger partial charge in [0.2, 0.25) is 0 Å². The van der Waals surface area contributed by atoms with Crippen LogP contribution >= 0.6 is 0 Å². The molecule has 9 nitrogen and oxygen atoms in total. The highest BCUT2D eigenvalue weighted by Crippen LogP contribution is 2.31. The van der Waals surface area contributed by atoms with Gasteiger partial charge in [-0.25, -0.2) is 13.9 Å². The predicted molar refractivity (Wildman–Crippen MR) is 121 cm³/mol. The Morgan fingerprint density at radius 2 is 1.85 bits per heavy atom. The highest BCUT2D eigenvalue weighted by molar-refractivity contribution is 7.93. The van der Waals surface area contributed by atoms with E-state index in [1.165, 1.54) is 43.8 Å². The van der Waals surface area contributed by atoms with E-state index in [1.807, 2.05) is 0 Å². The quantitative estimate of drug-likeness (QED) is 0.349. The van der Waals surface area contributed by atoms with Crippen molar-refractivity contribution in [3.05, 3.63) is 54.1 Å². The van der Waals surface area contributed by atoms with E-state index in [0.717, 1.165) is 19.5 Å². The Morgan fingerprint density at radius 3 is 2.42 bits per heavy atom. The number of hydrogen-bond donors (Lipinski definition) is 3. The maximum Gasteiger partial charge on any atom is 0.265 e. The molecule has 3 rings (SSSR count). The number of nitrogens with one attached hydrogen (secondary N) is 2. The van der Waals surface area contributed by atoms with Gasteiger partial charge >= 0.3 is 0 Å². The molecule has 0 aromatic heterocycles. The molecule has 0 saturated carbocycles. The van der Waals surface area contributed by atoms with Crippen molar-refractivity contribution in [2.24, 2.45) is 0 Å². The highest BCUT2D eigenvalue weighted by atomic mass is 32.2.